The van der Waals surface area contributed by atoms with Gasteiger partial charge in [0.15, 0.2) is 0 Å². The van der Waals surface area contributed by atoms with Gasteiger partial charge in [-0.25, -0.2) is 9.13 Å². The third kappa shape index (κ3) is 1.18. The molecule has 0 fully saturated rings. The van der Waals surface area contributed by atoms with E-state index in [1.54, 1.807) is 0 Å². The summed E-state index contributed by atoms with van der Waals surface area (Å²) < 4.78 is 22.3. The van der Waals surface area contributed by atoms with E-state index in [1.165, 1.54) is 0 Å². The lowest BCUT2D eigenvalue weighted by molar-refractivity contribution is 0.506. The molecule has 0 aromatic heterocycles. The Balaban J connectivity index is 2.41. The molecule has 2 aromatic carbocycles. The van der Waals surface area contributed by atoms with Crippen LogP contribution in [0.2, 0.25) is 0 Å². The van der Waals surface area contributed by atoms with Gasteiger partial charge in [0.1, 0.15) is 0 Å². The van der Waals surface area contributed by atoms with E-state index in [9.17, 15) is 9.13 Å². The van der Waals surface area contributed by atoms with Gasteiger partial charge in [-0.2, -0.15) is 0 Å². The predicted molar refractivity (Wildman–Crippen MR) is 58.7 cm³/mol. The van der Waals surface area contributed by atoms with E-state index in [4.69, 9.17) is 0 Å². The molecular formula is C12H9O2P. The number of hydrogen-bond acceptors (Lipinski definition) is 2. The van der Waals surface area contributed by atoms with Gasteiger partial charge >= 0.3 is 7.68 Å². The van der Waals surface area contributed by atoms with Crippen LogP contribution in [0.25, 0.3) is 10.8 Å². The Morgan fingerprint density at radius 3 is 2.53 bits per heavy atom. The summed E-state index contributed by atoms with van der Waals surface area (Å²) in [6.07, 6.45) is 0.634. The van der Waals surface area contributed by atoms with E-state index in [-0.39, 0.29) is 5.66 Å². The third-order valence-corrected chi connectivity index (χ3v) is 4.02. The highest BCUT2D eigenvalue weighted by Gasteiger charge is 2.27. The first-order valence-corrected chi connectivity index (χ1v) is 6.16. The highest BCUT2D eigenvalue weighted by Crippen LogP contribution is 2.45. The molecule has 74 valence electrons. The van der Waals surface area contributed by atoms with Gasteiger partial charge in [0.25, 0.3) is 0 Å². The Bertz CT molecular complexity index is 601. The Kier molecular flexibility index (Phi) is 1.80. The van der Waals surface area contributed by atoms with Crippen LogP contribution in [-0.2, 0) is 15.6 Å². The van der Waals surface area contributed by atoms with Gasteiger partial charge < -0.3 is 0 Å². The fraction of sp³-hybridized carbons (Fsp3) is 0.167. The molecule has 0 heterocycles. The normalized spacial score (nSPS) is 18.3. The zero-order valence-corrected chi connectivity index (χ0v) is 8.91. The molecule has 2 aromatic rings. The molecule has 0 spiro atoms. The van der Waals surface area contributed by atoms with Crippen LogP contribution in [-0.4, -0.2) is 0 Å². The van der Waals surface area contributed by atoms with E-state index >= 15 is 0 Å². The summed E-state index contributed by atoms with van der Waals surface area (Å²) in [6, 6.07) is 11.9. The maximum absolute atomic E-state index is 11.1. The summed E-state index contributed by atoms with van der Waals surface area (Å²) in [4.78, 5) is 0. The Hall–Kier alpha value is -1.40. The SMILES string of the molecule is O=P(=O)C1Cc2cccc3cccc1c23. The van der Waals surface area contributed by atoms with Gasteiger partial charge in [-0.3, -0.25) is 0 Å². The molecule has 15 heavy (non-hydrogen) atoms. The van der Waals surface area contributed by atoms with E-state index in [0.29, 0.717) is 6.42 Å². The minimum absolute atomic E-state index is 0.318. The van der Waals surface area contributed by atoms with Crippen molar-refractivity contribution in [1.82, 2.24) is 0 Å². The van der Waals surface area contributed by atoms with Crippen molar-refractivity contribution in [3.63, 3.8) is 0 Å². The van der Waals surface area contributed by atoms with Crippen LogP contribution in [0, 0.1) is 0 Å². The quantitative estimate of drug-likeness (QED) is 0.682. The second-order valence-corrected chi connectivity index (χ2v) is 5.06. The molecule has 3 rings (SSSR count). The summed E-state index contributed by atoms with van der Waals surface area (Å²) in [7, 11) is -2.37. The smallest absolute Gasteiger partial charge is 0.237 e. The van der Waals surface area contributed by atoms with Crippen LogP contribution in [0.3, 0.4) is 0 Å². The molecule has 0 amide bonds. The van der Waals surface area contributed by atoms with Crippen molar-refractivity contribution in [3.05, 3.63) is 47.5 Å². The topological polar surface area (TPSA) is 34.1 Å². The first-order chi connectivity index (χ1) is 7.27. The second-order valence-electron chi connectivity index (χ2n) is 3.87. The minimum atomic E-state index is -2.37. The molecule has 0 bridgehead atoms. The van der Waals surface area contributed by atoms with Crippen LogP contribution >= 0.6 is 7.68 Å². The van der Waals surface area contributed by atoms with Crippen molar-refractivity contribution in [3.8, 4) is 0 Å². The molecule has 3 heteroatoms. The molecule has 0 aliphatic heterocycles. The van der Waals surface area contributed by atoms with Gasteiger partial charge in [-0.05, 0) is 28.3 Å². The number of hydrogen-bond donors (Lipinski definition) is 0. The van der Waals surface area contributed by atoms with E-state index in [0.717, 1.165) is 21.9 Å². The average Bonchev–Trinajstić information content (AvgIpc) is 2.61. The fourth-order valence-corrected chi connectivity index (χ4v) is 3.19. The van der Waals surface area contributed by atoms with E-state index in [2.05, 4.69) is 0 Å². The largest absolute Gasteiger partial charge is 0.323 e. The van der Waals surface area contributed by atoms with E-state index in [1.807, 2.05) is 36.4 Å². The van der Waals surface area contributed by atoms with Crippen molar-refractivity contribution < 1.29 is 9.13 Å². The van der Waals surface area contributed by atoms with Crippen LogP contribution in [0.15, 0.2) is 36.4 Å². The molecule has 1 aliphatic rings. The second kappa shape index (κ2) is 3.04. The zero-order valence-electron chi connectivity index (χ0n) is 8.01. The highest BCUT2D eigenvalue weighted by atomic mass is 31.1. The molecule has 0 radical (unpaired) electrons. The molecule has 0 saturated carbocycles. The van der Waals surface area contributed by atoms with Crippen LogP contribution in [0.1, 0.15) is 16.8 Å². The van der Waals surface area contributed by atoms with Gasteiger partial charge in [-0.15, -0.1) is 0 Å². The Morgan fingerprint density at radius 1 is 1.07 bits per heavy atom. The maximum atomic E-state index is 11.1. The summed E-state index contributed by atoms with van der Waals surface area (Å²) in [5, 5.41) is 2.29. The minimum Gasteiger partial charge on any atom is -0.237 e. The summed E-state index contributed by atoms with van der Waals surface area (Å²) in [6.45, 7) is 0. The average molecular weight is 216 g/mol. The lowest BCUT2D eigenvalue weighted by atomic mass is 10.1. The standard InChI is InChI=1S/C12H9O2P/c13-15(14)11-7-9-5-1-3-8-4-2-6-10(11)12(8)9/h1-6,11H,7H2. The fourth-order valence-electron chi connectivity index (χ4n) is 2.40. The molecule has 0 N–H and O–H groups in total. The van der Waals surface area contributed by atoms with E-state index < -0.39 is 7.68 Å². The van der Waals surface area contributed by atoms with Gasteiger partial charge in [0.2, 0.25) is 0 Å². The van der Waals surface area contributed by atoms with Crippen molar-refractivity contribution in [2.75, 3.05) is 0 Å². The number of benzene rings is 2. The summed E-state index contributed by atoms with van der Waals surface area (Å²) >= 11 is 0. The lowest BCUT2D eigenvalue weighted by Gasteiger charge is -2.01. The van der Waals surface area contributed by atoms with Crippen LogP contribution < -0.4 is 0 Å². The van der Waals surface area contributed by atoms with Crippen molar-refractivity contribution in [1.29, 1.82) is 0 Å². The molecule has 0 saturated heterocycles. The Morgan fingerprint density at radius 2 is 1.80 bits per heavy atom. The van der Waals surface area contributed by atoms with Crippen molar-refractivity contribution in [2.45, 2.75) is 12.1 Å². The highest BCUT2D eigenvalue weighted by molar-refractivity contribution is 7.31. The predicted octanol–water partition coefficient (Wildman–Crippen LogP) is 3.61. The molecule has 2 nitrogen and oxygen atoms in total. The molecule has 1 unspecified atom stereocenters. The van der Waals surface area contributed by atoms with Gasteiger partial charge in [-0.1, -0.05) is 36.4 Å². The zero-order chi connectivity index (χ0) is 10.4. The van der Waals surface area contributed by atoms with Gasteiger partial charge in [0, 0.05) is 0 Å². The van der Waals surface area contributed by atoms with Crippen LogP contribution in [0.5, 0.6) is 0 Å². The third-order valence-electron chi connectivity index (χ3n) is 3.05. The Labute approximate surface area is 87.7 Å². The van der Waals surface area contributed by atoms with Crippen LogP contribution in [0.4, 0.5) is 0 Å². The van der Waals surface area contributed by atoms with Crippen molar-refractivity contribution in [2.24, 2.45) is 0 Å². The molecular weight excluding hydrogens is 207 g/mol. The maximum Gasteiger partial charge on any atom is 0.323 e. The first-order valence-electron chi connectivity index (χ1n) is 4.91. The number of rotatable bonds is 1. The monoisotopic (exact) mass is 216 g/mol. The van der Waals surface area contributed by atoms with Gasteiger partial charge in [0.05, 0.1) is 5.66 Å². The molecule has 1 atom stereocenters. The summed E-state index contributed by atoms with van der Waals surface area (Å²) in [5.74, 6) is 0. The summed E-state index contributed by atoms with van der Waals surface area (Å²) in [5.41, 5.74) is 1.81. The van der Waals surface area contributed by atoms with Crippen molar-refractivity contribution >= 4 is 18.5 Å². The first kappa shape index (κ1) is 8.87. The molecule has 1 aliphatic carbocycles. The lowest BCUT2D eigenvalue weighted by Crippen LogP contribution is -1.85.